The first-order valence-corrected chi connectivity index (χ1v) is 5.76. The Hall–Kier alpha value is -0.650. The van der Waals surface area contributed by atoms with Crippen molar-refractivity contribution >= 4 is 5.91 Å². The van der Waals surface area contributed by atoms with Crippen LogP contribution in [0.1, 0.15) is 26.2 Å². The lowest BCUT2D eigenvalue weighted by Gasteiger charge is -2.27. The molecule has 1 heterocycles. The number of hydrogen-bond donors (Lipinski definition) is 2. The van der Waals surface area contributed by atoms with Gasteiger partial charge < -0.3 is 20.5 Å². The monoisotopic (exact) mass is 230 g/mol. The molecule has 1 aliphatic heterocycles. The number of nitrogens with two attached hydrogens (primary N) is 1. The van der Waals surface area contributed by atoms with Crippen LogP contribution >= 0.6 is 0 Å². The molecular formula is C11H22N2O3. The van der Waals surface area contributed by atoms with Gasteiger partial charge in [-0.2, -0.15) is 0 Å². The molecule has 3 N–H and O–H groups in total. The lowest BCUT2D eigenvalue weighted by molar-refractivity contribution is -0.127. The zero-order chi connectivity index (χ0) is 12.0. The normalized spacial score (nSPS) is 25.0. The van der Waals surface area contributed by atoms with Crippen LogP contribution in [0.2, 0.25) is 0 Å². The van der Waals surface area contributed by atoms with Gasteiger partial charge in [0.2, 0.25) is 5.91 Å². The van der Waals surface area contributed by atoms with E-state index in [1.165, 1.54) is 6.42 Å². The molecule has 1 saturated heterocycles. The van der Waals surface area contributed by atoms with E-state index in [-0.39, 0.29) is 12.7 Å². The first-order chi connectivity index (χ1) is 7.58. The van der Waals surface area contributed by atoms with E-state index in [0.717, 1.165) is 19.4 Å². The summed E-state index contributed by atoms with van der Waals surface area (Å²) in [6.07, 6.45) is 3.52. The molecule has 0 aromatic carbocycles. The quantitative estimate of drug-likeness (QED) is 0.675. The zero-order valence-electron chi connectivity index (χ0n) is 10.1. The van der Waals surface area contributed by atoms with Crippen molar-refractivity contribution in [3.8, 4) is 0 Å². The summed E-state index contributed by atoms with van der Waals surface area (Å²) in [5, 5.41) is 2.88. The van der Waals surface area contributed by atoms with Crippen LogP contribution in [0.5, 0.6) is 0 Å². The van der Waals surface area contributed by atoms with Crippen molar-refractivity contribution in [2.75, 3.05) is 26.9 Å². The third kappa shape index (κ3) is 3.73. The average Bonchev–Trinajstić information content (AvgIpc) is 2.30. The Labute approximate surface area is 96.7 Å². The maximum absolute atomic E-state index is 11.2. The molecule has 2 unspecified atom stereocenters. The van der Waals surface area contributed by atoms with Gasteiger partial charge in [-0.15, -0.1) is 0 Å². The topological polar surface area (TPSA) is 73.6 Å². The molecule has 0 aliphatic carbocycles. The van der Waals surface area contributed by atoms with Gasteiger partial charge in [0.05, 0.1) is 19.3 Å². The van der Waals surface area contributed by atoms with Crippen molar-refractivity contribution in [3.63, 3.8) is 0 Å². The summed E-state index contributed by atoms with van der Waals surface area (Å²) in [6, 6.07) is 0. The van der Waals surface area contributed by atoms with Gasteiger partial charge >= 0.3 is 0 Å². The summed E-state index contributed by atoms with van der Waals surface area (Å²) in [5.74, 6) is -0.403. The molecule has 0 radical (unpaired) electrons. The van der Waals surface area contributed by atoms with Crippen LogP contribution in [0, 0.1) is 0 Å². The first kappa shape index (κ1) is 13.4. The Bertz CT molecular complexity index is 229. The molecule has 0 saturated carbocycles. The van der Waals surface area contributed by atoms with Gasteiger partial charge in [0.25, 0.3) is 0 Å². The van der Waals surface area contributed by atoms with E-state index in [2.05, 4.69) is 5.32 Å². The van der Waals surface area contributed by atoms with Crippen molar-refractivity contribution in [2.24, 2.45) is 5.73 Å². The van der Waals surface area contributed by atoms with E-state index >= 15 is 0 Å². The van der Waals surface area contributed by atoms with E-state index in [9.17, 15) is 4.79 Å². The van der Waals surface area contributed by atoms with Crippen molar-refractivity contribution in [1.82, 2.24) is 5.32 Å². The van der Waals surface area contributed by atoms with Gasteiger partial charge in [0.15, 0.2) is 0 Å². The van der Waals surface area contributed by atoms with Gasteiger partial charge in [-0.3, -0.25) is 4.79 Å². The molecule has 0 spiro atoms. The molecule has 1 aliphatic rings. The largest absolute Gasteiger partial charge is 0.376 e. The van der Waals surface area contributed by atoms with Gasteiger partial charge in [0.1, 0.15) is 5.54 Å². The number of carbonyl (C=O) groups is 1. The van der Waals surface area contributed by atoms with E-state index in [0.29, 0.717) is 6.61 Å². The Kier molecular flexibility index (Phi) is 5.18. The number of likely N-dealkylation sites (N-methyl/N-ethyl adjacent to an activating group) is 1. The Morgan fingerprint density at radius 3 is 2.88 bits per heavy atom. The van der Waals surface area contributed by atoms with Crippen LogP contribution in [0.4, 0.5) is 0 Å². The molecule has 1 rings (SSSR count). The van der Waals surface area contributed by atoms with Crippen molar-refractivity contribution in [3.05, 3.63) is 0 Å². The Morgan fingerprint density at radius 2 is 2.38 bits per heavy atom. The molecule has 0 aromatic heterocycles. The number of hydrogen-bond acceptors (Lipinski definition) is 4. The van der Waals surface area contributed by atoms with Crippen LogP contribution < -0.4 is 11.1 Å². The highest BCUT2D eigenvalue weighted by Crippen LogP contribution is 2.13. The summed E-state index contributed by atoms with van der Waals surface area (Å²) < 4.78 is 11.0. The summed E-state index contributed by atoms with van der Waals surface area (Å²) in [5.41, 5.74) is 4.49. The number of ether oxygens (including phenoxy) is 2. The molecule has 0 bridgehead atoms. The SMILES string of the molecule is CNC(C)(COCC1CCCCO1)C(N)=O. The Balaban J connectivity index is 2.25. The van der Waals surface area contributed by atoms with E-state index in [4.69, 9.17) is 15.2 Å². The predicted octanol–water partition coefficient (Wildman–Crippen LogP) is 0.0355. The molecule has 1 amide bonds. The lowest BCUT2D eigenvalue weighted by Crippen LogP contribution is -2.55. The molecule has 0 aromatic rings. The number of carbonyl (C=O) groups excluding carboxylic acids is 1. The standard InChI is InChI=1S/C11H22N2O3/c1-11(13-2,10(12)14)8-15-7-9-5-3-4-6-16-9/h9,13H,3-8H2,1-2H3,(H2,12,14). The van der Waals surface area contributed by atoms with E-state index in [1.54, 1.807) is 14.0 Å². The predicted molar refractivity (Wildman–Crippen MR) is 61.1 cm³/mol. The smallest absolute Gasteiger partial charge is 0.239 e. The van der Waals surface area contributed by atoms with Crippen LogP contribution in [0.25, 0.3) is 0 Å². The fraction of sp³-hybridized carbons (Fsp3) is 0.909. The van der Waals surface area contributed by atoms with Gasteiger partial charge in [-0.1, -0.05) is 0 Å². The van der Waals surface area contributed by atoms with Gasteiger partial charge in [-0.25, -0.2) is 0 Å². The van der Waals surface area contributed by atoms with Crippen LogP contribution in [-0.4, -0.2) is 44.4 Å². The molecule has 16 heavy (non-hydrogen) atoms. The van der Waals surface area contributed by atoms with E-state index in [1.807, 2.05) is 0 Å². The number of nitrogens with one attached hydrogen (secondary N) is 1. The molecule has 94 valence electrons. The second kappa shape index (κ2) is 6.18. The van der Waals surface area contributed by atoms with Crippen LogP contribution in [-0.2, 0) is 14.3 Å². The maximum atomic E-state index is 11.2. The minimum absolute atomic E-state index is 0.169. The molecule has 5 heteroatoms. The number of primary amides is 1. The zero-order valence-corrected chi connectivity index (χ0v) is 10.1. The first-order valence-electron chi connectivity index (χ1n) is 5.76. The fourth-order valence-electron chi connectivity index (χ4n) is 1.60. The van der Waals surface area contributed by atoms with Crippen LogP contribution in [0.3, 0.4) is 0 Å². The van der Waals surface area contributed by atoms with Gasteiger partial charge in [0, 0.05) is 6.61 Å². The van der Waals surface area contributed by atoms with Crippen LogP contribution in [0.15, 0.2) is 0 Å². The highest BCUT2D eigenvalue weighted by Gasteiger charge is 2.29. The minimum atomic E-state index is -0.797. The molecule has 2 atom stereocenters. The summed E-state index contributed by atoms with van der Waals surface area (Å²) >= 11 is 0. The molecule has 1 fully saturated rings. The lowest BCUT2D eigenvalue weighted by atomic mass is 10.0. The number of amides is 1. The van der Waals surface area contributed by atoms with E-state index < -0.39 is 11.4 Å². The second-order valence-corrected chi connectivity index (χ2v) is 4.45. The highest BCUT2D eigenvalue weighted by atomic mass is 16.5. The third-order valence-corrected chi connectivity index (χ3v) is 3.06. The fourth-order valence-corrected chi connectivity index (χ4v) is 1.60. The highest BCUT2D eigenvalue weighted by molar-refractivity contribution is 5.84. The molecule has 5 nitrogen and oxygen atoms in total. The van der Waals surface area contributed by atoms with Crippen molar-refractivity contribution in [2.45, 2.75) is 37.8 Å². The average molecular weight is 230 g/mol. The minimum Gasteiger partial charge on any atom is -0.376 e. The summed E-state index contributed by atoms with van der Waals surface area (Å²) in [4.78, 5) is 11.2. The summed E-state index contributed by atoms with van der Waals surface area (Å²) in [7, 11) is 1.70. The maximum Gasteiger partial charge on any atom is 0.239 e. The van der Waals surface area contributed by atoms with Crippen molar-refractivity contribution in [1.29, 1.82) is 0 Å². The van der Waals surface area contributed by atoms with Crippen molar-refractivity contribution < 1.29 is 14.3 Å². The molecular weight excluding hydrogens is 208 g/mol. The third-order valence-electron chi connectivity index (χ3n) is 3.06. The second-order valence-electron chi connectivity index (χ2n) is 4.45. The summed E-state index contributed by atoms with van der Waals surface area (Å²) in [6.45, 7) is 3.35. The number of rotatable bonds is 6. The van der Waals surface area contributed by atoms with Gasteiger partial charge in [-0.05, 0) is 33.2 Å². The Morgan fingerprint density at radius 1 is 1.62 bits per heavy atom.